The highest BCUT2D eigenvalue weighted by molar-refractivity contribution is 7.98. The summed E-state index contributed by atoms with van der Waals surface area (Å²) in [5, 5.41) is 10.3. The van der Waals surface area contributed by atoms with E-state index >= 15 is 0 Å². The average molecular weight is 340 g/mol. The van der Waals surface area contributed by atoms with E-state index in [1.165, 1.54) is 49.9 Å². The third-order valence-corrected chi connectivity index (χ3v) is 7.56. The lowest BCUT2D eigenvalue weighted by Gasteiger charge is -2.56. The van der Waals surface area contributed by atoms with E-state index in [-0.39, 0.29) is 0 Å². The Morgan fingerprint density at radius 1 is 1.04 bits per heavy atom. The highest BCUT2D eigenvalue weighted by atomic mass is 32.2. The molecule has 0 aliphatic heterocycles. The van der Waals surface area contributed by atoms with E-state index in [1.807, 2.05) is 12.4 Å². The van der Waals surface area contributed by atoms with Crippen LogP contribution in [0, 0.1) is 17.8 Å². The molecule has 4 fully saturated rings. The molecule has 24 heavy (non-hydrogen) atoms. The topological polar surface area (TPSA) is 43.6 Å². The van der Waals surface area contributed by atoms with Crippen LogP contribution < -0.4 is 0 Å². The number of rotatable bonds is 4. The number of aromatic nitrogens is 4. The van der Waals surface area contributed by atoms with Gasteiger partial charge in [-0.15, -0.1) is 10.2 Å². The van der Waals surface area contributed by atoms with Crippen molar-refractivity contribution in [1.82, 2.24) is 19.7 Å². The van der Waals surface area contributed by atoms with Gasteiger partial charge in [-0.05, 0) is 74.0 Å². The van der Waals surface area contributed by atoms with Gasteiger partial charge in [0.2, 0.25) is 0 Å². The van der Waals surface area contributed by atoms with E-state index in [4.69, 9.17) is 5.10 Å². The molecule has 5 heteroatoms. The fraction of sp³-hybridized carbons (Fsp3) is 0.632. The Bertz CT molecular complexity index is 704. The summed E-state index contributed by atoms with van der Waals surface area (Å²) in [5.41, 5.74) is 1.61. The highest BCUT2D eigenvalue weighted by Crippen LogP contribution is 2.60. The van der Waals surface area contributed by atoms with Crippen LogP contribution in [0.5, 0.6) is 0 Å². The Morgan fingerprint density at radius 2 is 1.67 bits per heavy atom. The highest BCUT2D eigenvalue weighted by Gasteiger charge is 2.53. The summed E-state index contributed by atoms with van der Waals surface area (Å²) >= 11 is 1.79. The molecule has 4 nitrogen and oxygen atoms in total. The van der Waals surface area contributed by atoms with Crippen molar-refractivity contribution in [3.8, 4) is 0 Å². The number of thioether (sulfide) groups is 1. The average Bonchev–Trinajstić information content (AvgIpc) is 2.94. The Morgan fingerprint density at radius 3 is 2.29 bits per heavy atom. The van der Waals surface area contributed by atoms with Crippen LogP contribution in [0.25, 0.3) is 0 Å². The molecule has 0 aromatic carbocycles. The van der Waals surface area contributed by atoms with Gasteiger partial charge in [-0.2, -0.15) is 0 Å². The van der Waals surface area contributed by atoms with Crippen LogP contribution in [0.15, 0.2) is 29.7 Å². The molecular weight excluding hydrogens is 316 g/mol. The van der Waals surface area contributed by atoms with E-state index in [9.17, 15) is 0 Å². The molecule has 4 bridgehead atoms. The molecule has 0 atom stereocenters. The smallest absolute Gasteiger partial charge is 0.191 e. The third-order valence-electron chi connectivity index (χ3n) is 6.46. The predicted molar refractivity (Wildman–Crippen MR) is 94.7 cm³/mol. The number of hydrogen-bond acceptors (Lipinski definition) is 4. The molecule has 0 radical (unpaired) electrons. The second kappa shape index (κ2) is 5.58. The molecule has 0 unspecified atom stereocenters. The summed E-state index contributed by atoms with van der Waals surface area (Å²) in [6, 6.07) is 4.15. The number of pyridine rings is 1. The summed E-state index contributed by atoms with van der Waals surface area (Å²) in [4.78, 5) is 4.09. The first-order chi connectivity index (χ1) is 11.7. The van der Waals surface area contributed by atoms with Gasteiger partial charge in [-0.1, -0.05) is 11.8 Å². The summed E-state index contributed by atoms with van der Waals surface area (Å²) in [6.07, 6.45) is 12.2. The minimum atomic E-state index is 0.325. The van der Waals surface area contributed by atoms with Gasteiger partial charge in [0.05, 0.1) is 0 Å². The first-order valence-electron chi connectivity index (χ1n) is 9.13. The lowest BCUT2D eigenvalue weighted by atomic mass is 9.49. The Hall–Kier alpha value is -1.36. The lowest BCUT2D eigenvalue weighted by Crippen LogP contribution is -2.49. The number of hydrogen-bond donors (Lipinski definition) is 0. The van der Waals surface area contributed by atoms with Gasteiger partial charge in [0, 0.05) is 30.6 Å². The van der Waals surface area contributed by atoms with Gasteiger partial charge in [-0.3, -0.25) is 4.98 Å². The molecule has 2 aromatic heterocycles. The summed E-state index contributed by atoms with van der Waals surface area (Å²) in [7, 11) is 2.17. The van der Waals surface area contributed by atoms with Crippen LogP contribution in [-0.4, -0.2) is 19.7 Å². The van der Waals surface area contributed by atoms with Crippen LogP contribution >= 0.6 is 11.8 Å². The fourth-order valence-corrected chi connectivity index (χ4v) is 6.78. The fourth-order valence-electron chi connectivity index (χ4n) is 5.91. The Kier molecular flexibility index (Phi) is 3.47. The summed E-state index contributed by atoms with van der Waals surface area (Å²) in [5.74, 6) is 5.02. The molecule has 126 valence electrons. The zero-order valence-electron chi connectivity index (χ0n) is 14.2. The molecule has 0 saturated heterocycles. The number of nitrogens with zero attached hydrogens (tertiary/aromatic N) is 4. The van der Waals surface area contributed by atoms with E-state index < -0.39 is 0 Å². The largest absolute Gasteiger partial charge is 0.309 e. The zero-order valence-corrected chi connectivity index (χ0v) is 15.0. The predicted octanol–water partition coefficient (Wildman–Crippen LogP) is 3.97. The first-order valence-corrected chi connectivity index (χ1v) is 10.1. The molecule has 4 saturated carbocycles. The standard InChI is InChI=1S/C19H24N4S/c1-23-17(19-9-14-6-15(10-19)8-16(7-14)11-19)21-22-18(23)24-12-13-2-4-20-5-3-13/h2-5,14-16H,6-12H2,1H3. The maximum Gasteiger partial charge on any atom is 0.191 e. The van der Waals surface area contributed by atoms with Gasteiger partial charge in [-0.25, -0.2) is 0 Å². The van der Waals surface area contributed by atoms with Gasteiger partial charge in [0.15, 0.2) is 5.16 Å². The van der Waals surface area contributed by atoms with Crippen LogP contribution in [-0.2, 0) is 18.2 Å². The minimum absolute atomic E-state index is 0.325. The molecule has 0 spiro atoms. The minimum Gasteiger partial charge on any atom is -0.309 e. The normalized spacial score (nSPS) is 34.0. The van der Waals surface area contributed by atoms with E-state index in [0.29, 0.717) is 5.41 Å². The molecule has 4 aliphatic rings. The maximum atomic E-state index is 4.70. The van der Waals surface area contributed by atoms with Crippen molar-refractivity contribution in [1.29, 1.82) is 0 Å². The van der Waals surface area contributed by atoms with Crippen molar-refractivity contribution in [2.45, 2.75) is 54.8 Å². The van der Waals surface area contributed by atoms with E-state index in [0.717, 1.165) is 28.7 Å². The zero-order chi connectivity index (χ0) is 16.1. The van der Waals surface area contributed by atoms with Gasteiger partial charge in [0.25, 0.3) is 0 Å². The molecule has 0 amide bonds. The lowest BCUT2D eigenvalue weighted by molar-refractivity contribution is -0.0109. The van der Waals surface area contributed by atoms with Gasteiger partial charge >= 0.3 is 0 Å². The summed E-state index contributed by atoms with van der Waals surface area (Å²) in [6.45, 7) is 0. The molecular formula is C19H24N4S. The van der Waals surface area contributed by atoms with Crippen molar-refractivity contribution < 1.29 is 0 Å². The SMILES string of the molecule is Cn1c(SCc2ccncc2)nnc1C12CC3CC(CC(C3)C1)C2. The Balaban J connectivity index is 1.39. The van der Waals surface area contributed by atoms with Crippen LogP contribution in [0.4, 0.5) is 0 Å². The van der Waals surface area contributed by atoms with Crippen molar-refractivity contribution in [2.24, 2.45) is 24.8 Å². The molecule has 6 rings (SSSR count). The van der Waals surface area contributed by atoms with E-state index in [1.54, 1.807) is 11.8 Å². The van der Waals surface area contributed by atoms with Gasteiger partial charge < -0.3 is 4.57 Å². The molecule has 0 N–H and O–H groups in total. The second-order valence-electron chi connectivity index (χ2n) is 8.21. The summed E-state index contributed by atoms with van der Waals surface area (Å²) < 4.78 is 2.29. The molecule has 2 heterocycles. The second-order valence-corrected chi connectivity index (χ2v) is 9.15. The molecule has 2 aromatic rings. The quantitative estimate of drug-likeness (QED) is 0.790. The van der Waals surface area contributed by atoms with E-state index in [2.05, 4.69) is 33.8 Å². The monoisotopic (exact) mass is 340 g/mol. The van der Waals surface area contributed by atoms with Gasteiger partial charge in [0.1, 0.15) is 5.82 Å². The first kappa shape index (κ1) is 14.9. The Labute approximate surface area is 147 Å². The van der Waals surface area contributed by atoms with Crippen molar-refractivity contribution in [3.05, 3.63) is 35.9 Å². The van der Waals surface area contributed by atoms with Crippen molar-refractivity contribution in [3.63, 3.8) is 0 Å². The third kappa shape index (κ3) is 2.40. The van der Waals surface area contributed by atoms with Crippen LogP contribution in [0.2, 0.25) is 0 Å². The van der Waals surface area contributed by atoms with Crippen molar-refractivity contribution >= 4 is 11.8 Å². The van der Waals surface area contributed by atoms with Crippen molar-refractivity contribution in [2.75, 3.05) is 0 Å². The van der Waals surface area contributed by atoms with Crippen LogP contribution in [0.3, 0.4) is 0 Å². The maximum absolute atomic E-state index is 4.70. The van der Waals surface area contributed by atoms with Crippen LogP contribution in [0.1, 0.15) is 49.9 Å². The molecule has 4 aliphatic carbocycles.